The first-order valence-electron chi connectivity index (χ1n) is 6.36. The van der Waals surface area contributed by atoms with Gasteiger partial charge in [-0.1, -0.05) is 0 Å². The van der Waals surface area contributed by atoms with Crippen LogP contribution >= 0.6 is 0 Å². The molecule has 2 aromatic rings. The lowest BCUT2D eigenvalue weighted by atomic mass is 10.1. The van der Waals surface area contributed by atoms with E-state index in [0.717, 1.165) is 18.5 Å². The maximum Gasteiger partial charge on any atom is 0.388 e. The zero-order valence-electron chi connectivity index (χ0n) is 11.5. The summed E-state index contributed by atoms with van der Waals surface area (Å²) in [7, 11) is 0. The third-order valence-corrected chi connectivity index (χ3v) is 3.28. The van der Waals surface area contributed by atoms with Gasteiger partial charge in [-0.3, -0.25) is 9.78 Å². The fraction of sp³-hybridized carbons (Fsp3) is 0.143. The minimum absolute atomic E-state index is 0.356. The summed E-state index contributed by atoms with van der Waals surface area (Å²) in [5, 5.41) is 11.7. The third kappa shape index (κ3) is 2.54. The number of fused-ring (bicyclic) bond motifs is 1. The molecule has 5 nitrogen and oxygen atoms in total. The fourth-order valence-corrected chi connectivity index (χ4v) is 2.19. The summed E-state index contributed by atoms with van der Waals surface area (Å²) < 4.78 is 70.6. The first kappa shape index (κ1) is 16.1. The number of anilines is 1. The van der Waals surface area contributed by atoms with Crippen molar-refractivity contribution in [1.29, 1.82) is 0 Å². The number of hydrogen-bond acceptors (Lipinski definition) is 4. The number of pyridine rings is 1. The van der Waals surface area contributed by atoms with Gasteiger partial charge < -0.3 is 10.4 Å². The molecule has 1 aromatic carbocycles. The van der Waals surface area contributed by atoms with Crippen LogP contribution < -0.4 is 5.32 Å². The van der Waals surface area contributed by atoms with E-state index < -0.39 is 52.1 Å². The summed E-state index contributed by atoms with van der Waals surface area (Å²) in [6, 6.07) is 1.82. The zero-order chi connectivity index (χ0) is 17.7. The number of rotatable bonds is 2. The van der Waals surface area contributed by atoms with Crippen molar-refractivity contribution in [2.45, 2.75) is 12.2 Å². The van der Waals surface area contributed by atoms with Crippen LogP contribution in [0.1, 0.15) is 21.5 Å². The lowest BCUT2D eigenvalue weighted by Gasteiger charge is -2.11. The third-order valence-electron chi connectivity index (χ3n) is 3.28. The van der Waals surface area contributed by atoms with E-state index >= 15 is 0 Å². The molecule has 0 saturated heterocycles. The second kappa shape index (κ2) is 5.13. The molecule has 0 atom stereocenters. The van der Waals surface area contributed by atoms with E-state index in [-0.39, 0.29) is 0 Å². The standard InChI is InChI=1S/C14H7F5N2O3/c15-9-5-20-2-1-6(9)12(23)21-10-3-7-8(4-11(10)22)14(18,19)24-13(7,16)17/h1-5,22H,(H,21,23). The Hall–Kier alpha value is -2.75. The molecule has 3 rings (SSSR count). The number of phenolic OH excluding ortho intramolecular Hbond substituents is 1. The van der Waals surface area contributed by atoms with Crippen LogP contribution in [0.3, 0.4) is 0 Å². The SMILES string of the molecule is O=C(Nc1cc2c(cc1O)C(F)(F)OC2(F)F)c1ccncc1F. The van der Waals surface area contributed by atoms with Gasteiger partial charge in [0.05, 0.1) is 28.6 Å². The molecule has 1 aliphatic heterocycles. The molecular weight excluding hydrogens is 339 g/mol. The molecule has 0 unspecified atom stereocenters. The maximum absolute atomic E-state index is 13.5. The van der Waals surface area contributed by atoms with E-state index in [1.165, 1.54) is 0 Å². The highest BCUT2D eigenvalue weighted by atomic mass is 19.3. The Labute approximate surface area is 130 Å². The van der Waals surface area contributed by atoms with Crippen LogP contribution in [-0.4, -0.2) is 16.0 Å². The molecule has 0 aliphatic carbocycles. The first-order valence-corrected chi connectivity index (χ1v) is 6.36. The van der Waals surface area contributed by atoms with Crippen LogP contribution in [-0.2, 0) is 17.0 Å². The molecule has 126 valence electrons. The predicted octanol–water partition coefficient (Wildman–Crippen LogP) is 3.31. The van der Waals surface area contributed by atoms with Crippen LogP contribution in [0.5, 0.6) is 5.75 Å². The van der Waals surface area contributed by atoms with Crippen molar-refractivity contribution in [2.75, 3.05) is 5.32 Å². The second-order valence-electron chi connectivity index (χ2n) is 4.86. The molecule has 0 fully saturated rings. The summed E-state index contributed by atoms with van der Waals surface area (Å²) in [6.07, 6.45) is -6.74. The number of carbonyl (C=O) groups is 1. The highest BCUT2D eigenvalue weighted by molar-refractivity contribution is 6.05. The quantitative estimate of drug-likeness (QED) is 0.647. The topological polar surface area (TPSA) is 71.5 Å². The highest BCUT2D eigenvalue weighted by Crippen LogP contribution is 2.53. The number of halogens is 5. The Kier molecular flexibility index (Phi) is 3.44. The van der Waals surface area contributed by atoms with E-state index in [9.17, 15) is 31.9 Å². The van der Waals surface area contributed by atoms with E-state index in [4.69, 9.17) is 0 Å². The molecule has 1 aliphatic rings. The van der Waals surface area contributed by atoms with Gasteiger partial charge in [0.25, 0.3) is 5.91 Å². The van der Waals surface area contributed by atoms with E-state index in [1.54, 1.807) is 0 Å². The molecule has 0 bridgehead atoms. The number of ether oxygens (including phenoxy) is 1. The van der Waals surface area contributed by atoms with Gasteiger partial charge in [-0.05, 0) is 18.2 Å². The summed E-state index contributed by atoms with van der Waals surface area (Å²) in [5.41, 5.74) is -3.51. The Morgan fingerprint density at radius 1 is 1.17 bits per heavy atom. The van der Waals surface area contributed by atoms with Gasteiger partial charge in [0.2, 0.25) is 0 Å². The minimum atomic E-state index is -4.31. The van der Waals surface area contributed by atoms with Crippen molar-refractivity contribution in [3.63, 3.8) is 0 Å². The van der Waals surface area contributed by atoms with Gasteiger partial charge in [0.1, 0.15) is 5.75 Å². The molecule has 24 heavy (non-hydrogen) atoms. The molecule has 10 heteroatoms. The monoisotopic (exact) mass is 346 g/mol. The highest BCUT2D eigenvalue weighted by Gasteiger charge is 2.57. The average Bonchev–Trinajstić information content (AvgIpc) is 2.65. The molecule has 2 N–H and O–H groups in total. The zero-order valence-corrected chi connectivity index (χ0v) is 11.5. The Morgan fingerprint density at radius 3 is 2.42 bits per heavy atom. The molecule has 1 aromatic heterocycles. The number of alkyl halides is 4. The first-order chi connectivity index (χ1) is 11.1. The smallest absolute Gasteiger partial charge is 0.388 e. The largest absolute Gasteiger partial charge is 0.506 e. The van der Waals surface area contributed by atoms with Crippen molar-refractivity contribution < 1.29 is 36.6 Å². The minimum Gasteiger partial charge on any atom is -0.506 e. The lowest BCUT2D eigenvalue weighted by Crippen LogP contribution is -2.17. The molecule has 1 amide bonds. The molecule has 2 heterocycles. The van der Waals surface area contributed by atoms with Crippen LogP contribution in [0.2, 0.25) is 0 Å². The fourth-order valence-electron chi connectivity index (χ4n) is 2.19. The lowest BCUT2D eigenvalue weighted by molar-refractivity contribution is -0.369. The molecule has 0 spiro atoms. The number of nitrogens with one attached hydrogen (secondary N) is 1. The van der Waals surface area contributed by atoms with Crippen molar-refractivity contribution in [1.82, 2.24) is 4.98 Å². The van der Waals surface area contributed by atoms with E-state index in [0.29, 0.717) is 12.1 Å². The summed E-state index contributed by atoms with van der Waals surface area (Å²) >= 11 is 0. The number of nitrogens with zero attached hydrogens (tertiary/aromatic N) is 1. The van der Waals surface area contributed by atoms with Crippen molar-refractivity contribution in [3.8, 4) is 5.75 Å². The summed E-state index contributed by atoms with van der Waals surface area (Å²) in [4.78, 5) is 15.3. The van der Waals surface area contributed by atoms with Gasteiger partial charge in [0, 0.05) is 6.20 Å². The van der Waals surface area contributed by atoms with Crippen LogP contribution in [0.25, 0.3) is 0 Å². The maximum atomic E-state index is 13.5. The molecular formula is C14H7F5N2O3. The Balaban J connectivity index is 2.00. The number of aromatic nitrogens is 1. The predicted molar refractivity (Wildman–Crippen MR) is 69.1 cm³/mol. The average molecular weight is 346 g/mol. The number of hydrogen-bond donors (Lipinski definition) is 2. The van der Waals surface area contributed by atoms with Crippen molar-refractivity contribution >= 4 is 11.6 Å². The van der Waals surface area contributed by atoms with Crippen LogP contribution in [0, 0.1) is 5.82 Å². The number of aromatic hydroxyl groups is 1. The Bertz CT molecular complexity index is 841. The van der Waals surface area contributed by atoms with Crippen molar-refractivity contribution in [2.24, 2.45) is 0 Å². The van der Waals surface area contributed by atoms with Crippen LogP contribution in [0.15, 0.2) is 30.6 Å². The second-order valence-corrected chi connectivity index (χ2v) is 4.86. The molecule has 0 saturated carbocycles. The van der Waals surface area contributed by atoms with Crippen molar-refractivity contribution in [3.05, 3.63) is 53.1 Å². The molecule has 0 radical (unpaired) electrons. The van der Waals surface area contributed by atoms with Gasteiger partial charge in [-0.2, -0.15) is 17.6 Å². The summed E-state index contributed by atoms with van der Waals surface area (Å²) in [6.45, 7) is 0. The Morgan fingerprint density at radius 2 is 1.79 bits per heavy atom. The number of amides is 1. The number of carbonyl (C=O) groups excluding carboxylic acids is 1. The van der Waals surface area contributed by atoms with Crippen LogP contribution in [0.4, 0.5) is 27.6 Å². The van der Waals surface area contributed by atoms with E-state index in [1.807, 2.05) is 5.32 Å². The van der Waals surface area contributed by atoms with Gasteiger partial charge in [-0.25, -0.2) is 9.13 Å². The number of phenols is 1. The van der Waals surface area contributed by atoms with Gasteiger partial charge >= 0.3 is 12.2 Å². The van der Waals surface area contributed by atoms with E-state index in [2.05, 4.69) is 9.72 Å². The number of benzene rings is 1. The summed E-state index contributed by atoms with van der Waals surface area (Å²) in [5.74, 6) is -2.98. The van der Waals surface area contributed by atoms with Gasteiger partial charge in [0.15, 0.2) is 5.82 Å². The van der Waals surface area contributed by atoms with Gasteiger partial charge in [-0.15, -0.1) is 0 Å². The normalized spacial score (nSPS) is 17.4.